The maximum absolute atomic E-state index is 6.76. The van der Waals surface area contributed by atoms with Crippen molar-refractivity contribution >= 4 is 104 Å². The van der Waals surface area contributed by atoms with Crippen molar-refractivity contribution < 1.29 is 0 Å². The molecule has 7 aromatic carbocycles. The van der Waals surface area contributed by atoms with E-state index in [0.29, 0.717) is 5.00 Å². The first-order chi connectivity index (χ1) is 24.1. The molecule has 3 nitrogen and oxygen atoms in total. The molecule has 0 unspecified atom stereocenters. The van der Waals surface area contributed by atoms with Crippen LogP contribution in [-0.4, -0.2) is 10.4 Å². The zero-order valence-corrected chi connectivity index (χ0v) is 27.6. The van der Waals surface area contributed by atoms with E-state index in [2.05, 4.69) is 144 Å². The highest BCUT2D eigenvalue weighted by Crippen LogP contribution is 2.43. The fourth-order valence-corrected chi connectivity index (χ4v) is 8.81. The molecule has 4 heteroatoms. The van der Waals surface area contributed by atoms with Gasteiger partial charge in [0.2, 0.25) is 0 Å². The molecule has 1 aliphatic rings. The van der Waals surface area contributed by atoms with Crippen LogP contribution in [0.4, 0.5) is 10.7 Å². The molecule has 2 N–H and O–H groups in total. The van der Waals surface area contributed by atoms with Gasteiger partial charge < -0.3 is 5.73 Å². The monoisotopic (exact) mass is 645 g/mol. The molecule has 2 aromatic heterocycles. The third-order valence-electron chi connectivity index (χ3n) is 10.2. The number of benzene rings is 7. The van der Waals surface area contributed by atoms with Crippen LogP contribution in [0.5, 0.6) is 0 Å². The summed E-state index contributed by atoms with van der Waals surface area (Å²) in [7, 11) is 0. The van der Waals surface area contributed by atoms with Gasteiger partial charge in [-0.05, 0) is 92.2 Å². The Balaban J connectivity index is 1.29. The number of nitrogen functional groups attached to an aromatic ring is 1. The minimum Gasteiger partial charge on any atom is -0.389 e. The molecule has 49 heavy (non-hydrogen) atoms. The number of aliphatic imine (C=N–C) groups is 1. The second-order valence-corrected chi connectivity index (χ2v) is 14.0. The van der Waals surface area contributed by atoms with Crippen molar-refractivity contribution in [3.8, 4) is 0 Å². The molecule has 9 aromatic rings. The summed E-state index contributed by atoms with van der Waals surface area (Å²) in [6.07, 6.45) is 6.72. The van der Waals surface area contributed by atoms with Crippen LogP contribution in [0.15, 0.2) is 145 Å². The highest BCUT2D eigenvalue weighted by Gasteiger charge is 2.22. The van der Waals surface area contributed by atoms with Crippen molar-refractivity contribution in [1.29, 1.82) is 0 Å². The number of allylic oxidation sites excluding steroid dienone is 2. The van der Waals surface area contributed by atoms with E-state index in [0.717, 1.165) is 56.6 Å². The summed E-state index contributed by atoms with van der Waals surface area (Å²) < 4.78 is 3.42. The van der Waals surface area contributed by atoms with Crippen molar-refractivity contribution in [1.82, 2.24) is 4.57 Å². The number of para-hydroxylation sites is 1. The summed E-state index contributed by atoms with van der Waals surface area (Å²) in [5.41, 5.74) is 14.3. The Morgan fingerprint density at radius 3 is 2.20 bits per heavy atom. The fourth-order valence-electron chi connectivity index (χ4n) is 7.90. The summed E-state index contributed by atoms with van der Waals surface area (Å²) >= 11 is 1.58. The Bertz CT molecular complexity index is 2920. The highest BCUT2D eigenvalue weighted by atomic mass is 32.1. The molecular formula is C45H31N3S. The SMILES string of the molecule is C=C(/C(=N\c1c(N)sc2ccccc12)n1c2ccccc2c2cc3ccccc3cc21)c1ccc2c(c1)c1c(c3ccccc32)CCC=C1. The number of hydrogen-bond acceptors (Lipinski definition) is 3. The Morgan fingerprint density at radius 1 is 0.653 bits per heavy atom. The lowest BCUT2D eigenvalue weighted by atomic mass is 9.85. The van der Waals surface area contributed by atoms with Crippen LogP contribution in [0.2, 0.25) is 0 Å². The highest BCUT2D eigenvalue weighted by molar-refractivity contribution is 7.23. The van der Waals surface area contributed by atoms with Gasteiger partial charge in [0.05, 0.1) is 11.0 Å². The number of rotatable bonds is 3. The normalized spacial score (nSPS) is 13.3. The predicted molar refractivity (Wildman–Crippen MR) is 214 cm³/mol. The smallest absolute Gasteiger partial charge is 0.145 e. The Labute approximate surface area is 287 Å². The quantitative estimate of drug-likeness (QED) is 0.116. The van der Waals surface area contributed by atoms with Gasteiger partial charge >= 0.3 is 0 Å². The maximum Gasteiger partial charge on any atom is 0.145 e. The number of thiophene rings is 1. The fraction of sp³-hybridized carbons (Fsp3) is 0.0444. The van der Waals surface area contributed by atoms with E-state index in [1.54, 1.807) is 11.3 Å². The van der Waals surface area contributed by atoms with E-state index in [1.807, 2.05) is 0 Å². The molecule has 232 valence electrons. The molecule has 1 aliphatic carbocycles. The van der Waals surface area contributed by atoms with E-state index in [-0.39, 0.29) is 0 Å². The number of hydrogen-bond donors (Lipinski definition) is 1. The average Bonchev–Trinajstić information content (AvgIpc) is 3.65. The standard InChI is InChI=1S/C45H31N3S/c1-27(28-22-23-35-33-16-5-4-14-31(33)32-15-6-7-17-34(32)38(35)24-28)45(47-43-37-19-9-11-21-42(37)49-44(43)46)48-40-20-10-8-18-36(40)39-25-29-12-2-3-13-30(29)26-41(39)48/h2-5,7-14,16-26H,1,6,15,46H2/b47-45+. The van der Waals surface area contributed by atoms with Crippen molar-refractivity contribution in [3.05, 3.63) is 157 Å². The molecule has 0 saturated carbocycles. The summed E-state index contributed by atoms with van der Waals surface area (Å²) in [6, 6.07) is 45.7. The topological polar surface area (TPSA) is 43.3 Å². The minimum absolute atomic E-state index is 0.696. The van der Waals surface area contributed by atoms with Gasteiger partial charge in [0, 0.05) is 26.4 Å². The van der Waals surface area contributed by atoms with Crippen molar-refractivity contribution in [3.63, 3.8) is 0 Å². The van der Waals surface area contributed by atoms with Gasteiger partial charge in [0.1, 0.15) is 16.5 Å². The number of aryl methyl sites for hydroxylation is 1. The summed E-state index contributed by atoms with van der Waals surface area (Å²) in [6.45, 7) is 4.82. The largest absolute Gasteiger partial charge is 0.389 e. The van der Waals surface area contributed by atoms with Crippen LogP contribution in [0.25, 0.3) is 75.9 Å². The molecule has 0 aliphatic heterocycles. The van der Waals surface area contributed by atoms with E-state index in [1.165, 1.54) is 54.2 Å². The van der Waals surface area contributed by atoms with Crippen LogP contribution in [0.1, 0.15) is 23.1 Å². The molecule has 10 rings (SSSR count). The van der Waals surface area contributed by atoms with Gasteiger partial charge in [0.25, 0.3) is 0 Å². The molecule has 0 bridgehead atoms. The zero-order valence-electron chi connectivity index (χ0n) is 26.8. The Morgan fingerprint density at radius 2 is 1.35 bits per heavy atom. The lowest BCUT2D eigenvalue weighted by molar-refractivity contribution is 1.00. The second-order valence-electron chi connectivity index (χ2n) is 12.9. The minimum atomic E-state index is 0.696. The first-order valence-electron chi connectivity index (χ1n) is 16.8. The number of nitrogens with zero attached hydrogens (tertiary/aromatic N) is 2. The van der Waals surface area contributed by atoms with Crippen molar-refractivity contribution in [2.24, 2.45) is 4.99 Å². The molecule has 0 radical (unpaired) electrons. The molecule has 0 amide bonds. The number of nitrogens with two attached hydrogens (primary N) is 1. The second kappa shape index (κ2) is 10.8. The van der Waals surface area contributed by atoms with Gasteiger partial charge in [-0.2, -0.15) is 0 Å². The van der Waals surface area contributed by atoms with Crippen LogP contribution in [0.3, 0.4) is 0 Å². The van der Waals surface area contributed by atoms with Gasteiger partial charge in [-0.3, -0.25) is 4.57 Å². The van der Waals surface area contributed by atoms with Crippen LogP contribution >= 0.6 is 11.3 Å². The third-order valence-corrected chi connectivity index (χ3v) is 11.2. The van der Waals surface area contributed by atoms with E-state index in [4.69, 9.17) is 17.3 Å². The maximum atomic E-state index is 6.76. The first-order valence-corrected chi connectivity index (χ1v) is 17.6. The van der Waals surface area contributed by atoms with Gasteiger partial charge in [-0.25, -0.2) is 4.99 Å². The van der Waals surface area contributed by atoms with Crippen molar-refractivity contribution in [2.45, 2.75) is 12.8 Å². The van der Waals surface area contributed by atoms with E-state index < -0.39 is 0 Å². The van der Waals surface area contributed by atoms with Crippen molar-refractivity contribution in [2.75, 3.05) is 5.73 Å². The van der Waals surface area contributed by atoms with Crippen LogP contribution in [-0.2, 0) is 6.42 Å². The van der Waals surface area contributed by atoms with E-state index in [9.17, 15) is 0 Å². The molecule has 0 fully saturated rings. The summed E-state index contributed by atoms with van der Waals surface area (Å²) in [4.78, 5) is 5.51. The number of aromatic nitrogens is 1. The zero-order chi connectivity index (χ0) is 32.6. The lowest BCUT2D eigenvalue weighted by Crippen LogP contribution is -2.13. The molecule has 0 saturated heterocycles. The predicted octanol–water partition coefficient (Wildman–Crippen LogP) is 12.3. The van der Waals surface area contributed by atoms with Gasteiger partial charge in [-0.15, -0.1) is 11.3 Å². The summed E-state index contributed by atoms with van der Waals surface area (Å²) in [5, 5.41) is 11.6. The molecule has 0 spiro atoms. The Hall–Kier alpha value is -5.97. The van der Waals surface area contributed by atoms with E-state index >= 15 is 0 Å². The molecular weight excluding hydrogens is 615 g/mol. The van der Waals surface area contributed by atoms with Crippen LogP contribution in [0, 0.1) is 0 Å². The lowest BCUT2D eigenvalue weighted by Gasteiger charge is -2.20. The number of anilines is 1. The number of fused-ring (bicyclic) bond motifs is 11. The third kappa shape index (κ3) is 4.24. The molecule has 0 atom stereocenters. The average molecular weight is 646 g/mol. The van der Waals surface area contributed by atoms with Gasteiger partial charge in [0.15, 0.2) is 0 Å². The van der Waals surface area contributed by atoms with Crippen LogP contribution < -0.4 is 5.73 Å². The molecule has 2 heterocycles. The summed E-state index contributed by atoms with van der Waals surface area (Å²) in [5.74, 6) is 0.765. The Kier molecular flexibility index (Phi) is 6.18. The van der Waals surface area contributed by atoms with Gasteiger partial charge in [-0.1, -0.05) is 116 Å². The first kappa shape index (κ1) is 28.1.